The summed E-state index contributed by atoms with van der Waals surface area (Å²) < 4.78 is 26.9. The molecular formula is C17H17ClN2O3S2. The second-order valence-electron chi connectivity index (χ2n) is 5.26. The lowest BCUT2D eigenvalue weighted by Gasteiger charge is -2.10. The molecule has 0 fully saturated rings. The molecule has 0 unspecified atom stereocenters. The number of carbonyl (C=O) groups is 1. The number of rotatable bonds is 5. The largest absolute Gasteiger partial charge is 0.339 e. The summed E-state index contributed by atoms with van der Waals surface area (Å²) in [6.45, 7) is 0. The van der Waals surface area contributed by atoms with Gasteiger partial charge in [-0.05, 0) is 47.7 Å². The van der Waals surface area contributed by atoms with E-state index in [0.29, 0.717) is 21.2 Å². The van der Waals surface area contributed by atoms with Crippen molar-refractivity contribution in [3.8, 4) is 0 Å². The van der Waals surface area contributed by atoms with Crippen molar-refractivity contribution in [2.24, 2.45) is 0 Å². The minimum atomic E-state index is -3.70. The van der Waals surface area contributed by atoms with Gasteiger partial charge in [-0.25, -0.2) is 8.42 Å². The van der Waals surface area contributed by atoms with Crippen LogP contribution in [0.5, 0.6) is 0 Å². The normalized spacial score (nSPS) is 11.5. The van der Waals surface area contributed by atoms with E-state index in [4.69, 9.17) is 11.6 Å². The molecule has 0 heterocycles. The van der Waals surface area contributed by atoms with Crippen molar-refractivity contribution in [3.63, 3.8) is 0 Å². The van der Waals surface area contributed by atoms with E-state index in [0.717, 1.165) is 17.2 Å². The predicted octanol–water partition coefficient (Wildman–Crippen LogP) is 4.53. The molecule has 0 atom stereocenters. The van der Waals surface area contributed by atoms with Crippen LogP contribution in [-0.4, -0.2) is 32.7 Å². The lowest BCUT2D eigenvalue weighted by atomic mass is 10.2. The minimum Gasteiger partial charge on any atom is -0.339 e. The van der Waals surface area contributed by atoms with Crippen LogP contribution in [0.4, 0.5) is 10.5 Å². The molecule has 1 N–H and O–H groups in total. The van der Waals surface area contributed by atoms with Crippen molar-refractivity contribution in [3.05, 3.63) is 64.5 Å². The third-order valence-electron chi connectivity index (χ3n) is 3.00. The zero-order valence-electron chi connectivity index (χ0n) is 13.6. The van der Waals surface area contributed by atoms with E-state index in [9.17, 15) is 13.2 Å². The van der Waals surface area contributed by atoms with Gasteiger partial charge in [0.25, 0.3) is 15.3 Å². The van der Waals surface area contributed by atoms with Gasteiger partial charge in [-0.2, -0.15) is 0 Å². The number of anilines is 1. The Balaban J connectivity index is 2.13. The van der Waals surface area contributed by atoms with E-state index in [2.05, 4.69) is 4.72 Å². The van der Waals surface area contributed by atoms with Crippen LogP contribution in [0.3, 0.4) is 0 Å². The quantitative estimate of drug-likeness (QED) is 0.754. The number of hydrogen-bond acceptors (Lipinski definition) is 4. The molecule has 0 spiro atoms. The van der Waals surface area contributed by atoms with Gasteiger partial charge in [0.15, 0.2) is 0 Å². The summed E-state index contributed by atoms with van der Waals surface area (Å²) in [5, 5.41) is 1.38. The number of benzene rings is 2. The summed E-state index contributed by atoms with van der Waals surface area (Å²) in [5.74, 6) is 0. The van der Waals surface area contributed by atoms with E-state index in [1.54, 1.807) is 62.6 Å². The summed E-state index contributed by atoms with van der Waals surface area (Å²) in [5.41, 5.74) is 0.982. The van der Waals surface area contributed by atoms with Gasteiger partial charge in [-0.3, -0.25) is 9.52 Å². The van der Waals surface area contributed by atoms with Crippen molar-refractivity contribution in [2.45, 2.75) is 4.90 Å². The van der Waals surface area contributed by atoms with E-state index in [1.165, 1.54) is 11.0 Å². The number of nitrogens with one attached hydrogen (secondary N) is 1. The summed E-state index contributed by atoms with van der Waals surface area (Å²) in [4.78, 5) is 13.8. The second-order valence-corrected chi connectivity index (χ2v) is 8.26. The van der Waals surface area contributed by atoms with Crippen LogP contribution in [0, 0.1) is 0 Å². The van der Waals surface area contributed by atoms with E-state index in [-0.39, 0.29) is 5.24 Å². The Morgan fingerprint density at radius 2 is 1.88 bits per heavy atom. The van der Waals surface area contributed by atoms with Crippen LogP contribution in [-0.2, 0) is 10.0 Å². The highest BCUT2D eigenvalue weighted by Gasteiger charge is 2.10. The topological polar surface area (TPSA) is 66.5 Å². The van der Waals surface area contributed by atoms with Crippen LogP contribution in [0.2, 0.25) is 5.02 Å². The first-order valence-corrected chi connectivity index (χ1v) is 9.95. The summed E-state index contributed by atoms with van der Waals surface area (Å²) in [6, 6.07) is 13.6. The molecular weight excluding hydrogens is 380 g/mol. The molecule has 1 amide bonds. The maximum Gasteiger partial charge on any atom is 0.285 e. The minimum absolute atomic E-state index is 0.140. The fraction of sp³-hybridized carbons (Fsp3) is 0.118. The Labute approximate surface area is 156 Å². The van der Waals surface area contributed by atoms with Gasteiger partial charge < -0.3 is 4.90 Å². The van der Waals surface area contributed by atoms with Gasteiger partial charge in [0.05, 0.1) is 5.41 Å². The third-order valence-corrected chi connectivity index (χ3v) is 5.38. The number of amides is 1. The van der Waals surface area contributed by atoms with E-state index < -0.39 is 10.0 Å². The van der Waals surface area contributed by atoms with Crippen molar-refractivity contribution in [1.29, 1.82) is 0 Å². The fourth-order valence-electron chi connectivity index (χ4n) is 1.79. The molecule has 5 nitrogen and oxygen atoms in total. The van der Waals surface area contributed by atoms with Gasteiger partial charge in [-0.15, -0.1) is 0 Å². The number of sulfonamides is 1. The highest BCUT2D eigenvalue weighted by molar-refractivity contribution is 8.13. The summed E-state index contributed by atoms with van der Waals surface area (Å²) >= 11 is 7.02. The van der Waals surface area contributed by atoms with E-state index >= 15 is 0 Å². The molecule has 0 aliphatic carbocycles. The Bertz CT molecular complexity index is 896. The first-order chi connectivity index (χ1) is 11.8. The number of halogens is 1. The third kappa shape index (κ3) is 6.12. The lowest BCUT2D eigenvalue weighted by molar-refractivity contribution is 0.241. The van der Waals surface area contributed by atoms with Gasteiger partial charge >= 0.3 is 0 Å². The lowest BCUT2D eigenvalue weighted by Crippen LogP contribution is -2.16. The Morgan fingerprint density at radius 3 is 2.56 bits per heavy atom. The Kier molecular flexibility index (Phi) is 6.52. The van der Waals surface area contributed by atoms with Gasteiger partial charge in [0.1, 0.15) is 0 Å². The molecule has 0 bridgehead atoms. The Hall–Kier alpha value is -1.96. The summed E-state index contributed by atoms with van der Waals surface area (Å²) in [6.07, 6.45) is 1.43. The van der Waals surface area contributed by atoms with Crippen molar-refractivity contribution in [1.82, 2.24) is 4.90 Å². The monoisotopic (exact) mass is 396 g/mol. The highest BCUT2D eigenvalue weighted by atomic mass is 35.5. The van der Waals surface area contributed by atoms with Crippen LogP contribution in [0.1, 0.15) is 5.56 Å². The van der Waals surface area contributed by atoms with Gasteiger partial charge in [0.2, 0.25) is 0 Å². The van der Waals surface area contributed by atoms with Gasteiger partial charge in [-0.1, -0.05) is 35.9 Å². The smallest absolute Gasteiger partial charge is 0.285 e. The molecule has 2 aromatic carbocycles. The Morgan fingerprint density at radius 1 is 1.16 bits per heavy atom. The predicted molar refractivity (Wildman–Crippen MR) is 104 cm³/mol. The van der Waals surface area contributed by atoms with Gasteiger partial charge in [0, 0.05) is 29.7 Å². The number of thioether (sulfide) groups is 1. The van der Waals surface area contributed by atoms with Crippen LogP contribution in [0.15, 0.2) is 58.8 Å². The molecule has 0 aliphatic rings. The second kappa shape index (κ2) is 8.42. The SMILES string of the molecule is CN(C)C(=O)Sc1cccc(NS(=O)(=O)C=Cc2ccccc2Cl)c1. The summed E-state index contributed by atoms with van der Waals surface area (Å²) in [7, 11) is -0.397. The van der Waals surface area contributed by atoms with Crippen LogP contribution < -0.4 is 4.72 Å². The number of carbonyl (C=O) groups excluding carboxylic acids is 1. The molecule has 0 radical (unpaired) electrons. The molecule has 2 aromatic rings. The highest BCUT2D eigenvalue weighted by Crippen LogP contribution is 2.24. The van der Waals surface area contributed by atoms with E-state index in [1.807, 2.05) is 0 Å². The average molecular weight is 397 g/mol. The molecule has 0 aromatic heterocycles. The molecule has 0 aliphatic heterocycles. The first-order valence-electron chi connectivity index (χ1n) is 7.21. The standard InChI is InChI=1S/C17H17ClN2O3S2/c1-20(2)17(21)24-15-8-5-7-14(12-15)19-25(22,23)11-10-13-6-3-4-9-16(13)18/h3-12,19H,1-2H3. The van der Waals surface area contributed by atoms with Crippen LogP contribution >= 0.6 is 23.4 Å². The molecule has 8 heteroatoms. The molecule has 0 saturated heterocycles. The van der Waals surface area contributed by atoms with Crippen molar-refractivity contribution in [2.75, 3.05) is 18.8 Å². The molecule has 0 saturated carbocycles. The molecule has 132 valence electrons. The molecule has 2 rings (SSSR count). The zero-order valence-corrected chi connectivity index (χ0v) is 16.0. The maximum absolute atomic E-state index is 12.2. The zero-order chi connectivity index (χ0) is 18.4. The number of hydrogen-bond donors (Lipinski definition) is 1. The number of nitrogens with zero attached hydrogens (tertiary/aromatic N) is 1. The maximum atomic E-state index is 12.2. The first kappa shape index (κ1) is 19.4. The van der Waals surface area contributed by atoms with Crippen molar-refractivity contribution >= 4 is 50.4 Å². The molecule has 25 heavy (non-hydrogen) atoms. The fourth-order valence-corrected chi connectivity index (χ4v) is 3.55. The average Bonchev–Trinajstić information content (AvgIpc) is 2.54. The van der Waals surface area contributed by atoms with Crippen molar-refractivity contribution < 1.29 is 13.2 Å². The van der Waals surface area contributed by atoms with Crippen LogP contribution in [0.25, 0.3) is 6.08 Å².